The van der Waals surface area contributed by atoms with Crippen molar-refractivity contribution in [2.24, 2.45) is 11.8 Å². The number of unbranched alkanes of at least 4 members (excludes halogenated alkanes) is 2. The van der Waals surface area contributed by atoms with E-state index in [4.69, 9.17) is 23.5 Å². The van der Waals surface area contributed by atoms with Gasteiger partial charge >= 0.3 is 0 Å². The van der Waals surface area contributed by atoms with Crippen molar-refractivity contribution in [3.05, 3.63) is 77.6 Å². The van der Waals surface area contributed by atoms with Crippen molar-refractivity contribution in [2.45, 2.75) is 91.7 Å². The van der Waals surface area contributed by atoms with Gasteiger partial charge in [-0.25, -0.2) is 5.06 Å². The van der Waals surface area contributed by atoms with E-state index in [-0.39, 0.29) is 36.6 Å². The van der Waals surface area contributed by atoms with Crippen LogP contribution >= 0.6 is 0 Å². The van der Waals surface area contributed by atoms with Crippen LogP contribution in [-0.2, 0) is 41.8 Å². The summed E-state index contributed by atoms with van der Waals surface area (Å²) in [5.74, 6) is -1.76. The predicted molar refractivity (Wildman–Crippen MR) is 203 cm³/mol. The molecule has 1 fully saturated rings. The second-order valence-corrected chi connectivity index (χ2v) is 13.1. The maximum Gasteiger partial charge on any atom is 0.288 e. The van der Waals surface area contributed by atoms with Gasteiger partial charge in [-0.15, -0.1) is 0 Å². The highest BCUT2D eigenvalue weighted by molar-refractivity contribution is 6.05. The van der Waals surface area contributed by atoms with Gasteiger partial charge in [-0.1, -0.05) is 63.4 Å². The number of ether oxygens (including phenoxy) is 3. The number of nitrogens with zero attached hydrogens (tertiary/aromatic N) is 1. The summed E-state index contributed by atoms with van der Waals surface area (Å²) in [5, 5.41) is 10.1. The number of carbonyl (C=O) groups excluding carboxylic acids is 4. The molecule has 13 heteroatoms. The summed E-state index contributed by atoms with van der Waals surface area (Å²) >= 11 is 0. The Hall–Kier alpha value is -4.56. The predicted octanol–water partition coefficient (Wildman–Crippen LogP) is 5.77. The molecule has 0 radical (unpaired) electrons. The molecule has 2 aromatic carbocycles. The number of nitrogens with one attached hydrogen (secondary N) is 3. The average Bonchev–Trinajstić information content (AvgIpc) is 3.47. The molecule has 3 amide bonds. The van der Waals surface area contributed by atoms with Crippen LogP contribution in [0.5, 0.6) is 5.75 Å². The summed E-state index contributed by atoms with van der Waals surface area (Å²) in [6, 6.07) is 18.0. The fourth-order valence-electron chi connectivity index (χ4n) is 6.60. The van der Waals surface area contributed by atoms with Gasteiger partial charge in [0.15, 0.2) is 5.76 Å². The van der Waals surface area contributed by atoms with E-state index in [0.29, 0.717) is 69.2 Å². The van der Waals surface area contributed by atoms with Crippen LogP contribution < -0.4 is 20.7 Å². The number of hydrogen-bond acceptors (Lipinski definition) is 10. The molecule has 1 unspecified atom stereocenters. The summed E-state index contributed by atoms with van der Waals surface area (Å²) < 4.78 is 23.1. The van der Waals surface area contributed by atoms with E-state index in [0.717, 1.165) is 30.4 Å². The lowest BCUT2D eigenvalue weighted by Crippen LogP contribution is -2.48. The van der Waals surface area contributed by atoms with Crippen molar-refractivity contribution in [2.75, 3.05) is 33.0 Å². The van der Waals surface area contributed by atoms with Crippen LogP contribution in [0, 0.1) is 11.8 Å². The largest absolute Gasteiger partial charge is 0.494 e. The molecule has 13 nitrogen and oxygen atoms in total. The van der Waals surface area contributed by atoms with Crippen molar-refractivity contribution in [1.29, 1.82) is 0 Å². The summed E-state index contributed by atoms with van der Waals surface area (Å²) in [4.78, 5) is 57.2. The Morgan fingerprint density at radius 2 is 1.69 bits per heavy atom. The molecule has 1 heterocycles. The van der Waals surface area contributed by atoms with Crippen molar-refractivity contribution in [1.82, 2.24) is 21.0 Å². The minimum Gasteiger partial charge on any atom is -0.494 e. The van der Waals surface area contributed by atoms with Gasteiger partial charge in [0.1, 0.15) is 18.1 Å². The highest BCUT2D eigenvalue weighted by Crippen LogP contribution is 2.43. The number of carbonyl (C=O) groups is 4. The highest BCUT2D eigenvalue weighted by atomic mass is 16.7. The molecule has 1 aliphatic rings. The Kier molecular flexibility index (Phi) is 16.7. The van der Waals surface area contributed by atoms with E-state index in [9.17, 15) is 19.2 Å². The van der Waals surface area contributed by atoms with Gasteiger partial charge < -0.3 is 34.6 Å². The molecule has 3 atom stereocenters. The molecule has 0 bridgehead atoms. The van der Waals surface area contributed by atoms with E-state index in [1.54, 1.807) is 12.1 Å². The molecule has 3 aromatic rings. The first-order valence-corrected chi connectivity index (χ1v) is 19.1. The lowest BCUT2D eigenvalue weighted by Gasteiger charge is -2.32. The number of amides is 3. The molecule has 3 N–H and O–H groups in total. The average molecular weight is 749 g/mol. The zero-order valence-electron chi connectivity index (χ0n) is 32.2. The van der Waals surface area contributed by atoms with E-state index in [2.05, 4.69) is 22.9 Å². The van der Waals surface area contributed by atoms with Crippen LogP contribution in [0.3, 0.4) is 0 Å². The monoisotopic (exact) mass is 748 g/mol. The molecule has 294 valence electrons. The number of benzene rings is 2. The maximum atomic E-state index is 13.5. The topological polar surface area (TPSA) is 158 Å². The molecular formula is C41H56N4O9. The minimum absolute atomic E-state index is 0.0611. The van der Waals surface area contributed by atoms with Crippen LogP contribution in [0.4, 0.5) is 0 Å². The lowest BCUT2D eigenvalue weighted by atomic mass is 9.90. The highest BCUT2D eigenvalue weighted by Gasteiger charge is 2.67. The third-order valence-electron chi connectivity index (χ3n) is 9.33. The fraction of sp³-hybridized carbons (Fsp3) is 0.512. The first-order valence-electron chi connectivity index (χ1n) is 19.1. The molecule has 1 aromatic heterocycles. The first kappa shape index (κ1) is 42.2. The SMILES string of the molecule is CCCCC[C@@H](C(=O)NCNC(=O)c1ccc(-c2cc(CNCC3C(=O)C3(OCC)OCC)cc(OCC)c2)o1)[C@@H](CC)N(C=O)OCc1ccccc1. The number of hydrogen-bond donors (Lipinski definition) is 3. The Morgan fingerprint density at radius 1 is 0.926 bits per heavy atom. The van der Waals surface area contributed by atoms with Gasteiger partial charge in [0.05, 0.1) is 31.2 Å². The zero-order valence-corrected chi connectivity index (χ0v) is 32.2. The molecule has 1 aliphatic carbocycles. The second kappa shape index (κ2) is 21.4. The molecule has 1 saturated carbocycles. The number of hydroxylamine groups is 2. The fourth-order valence-corrected chi connectivity index (χ4v) is 6.60. The van der Waals surface area contributed by atoms with E-state index >= 15 is 0 Å². The number of rotatable bonds is 26. The Labute approximate surface area is 318 Å². The lowest BCUT2D eigenvalue weighted by molar-refractivity contribution is -0.200. The Bertz CT molecular complexity index is 1640. The van der Waals surface area contributed by atoms with Crippen molar-refractivity contribution >= 4 is 24.0 Å². The van der Waals surface area contributed by atoms with Crippen LogP contribution in [0.2, 0.25) is 0 Å². The van der Waals surface area contributed by atoms with E-state index in [1.165, 1.54) is 5.06 Å². The molecule has 0 spiro atoms. The maximum absolute atomic E-state index is 13.5. The van der Waals surface area contributed by atoms with Gasteiger partial charge in [-0.3, -0.25) is 24.0 Å². The van der Waals surface area contributed by atoms with Gasteiger partial charge in [-0.2, -0.15) is 0 Å². The van der Waals surface area contributed by atoms with Crippen LogP contribution in [0.1, 0.15) is 88.4 Å². The van der Waals surface area contributed by atoms with E-state index < -0.39 is 23.7 Å². The van der Waals surface area contributed by atoms with Gasteiger partial charge in [0.2, 0.25) is 23.9 Å². The smallest absolute Gasteiger partial charge is 0.288 e. The third-order valence-corrected chi connectivity index (χ3v) is 9.33. The molecule has 0 aliphatic heterocycles. The summed E-state index contributed by atoms with van der Waals surface area (Å²) in [7, 11) is 0. The normalized spacial score (nSPS) is 15.6. The van der Waals surface area contributed by atoms with Gasteiger partial charge in [0.25, 0.3) is 5.91 Å². The minimum atomic E-state index is -1.16. The van der Waals surface area contributed by atoms with Crippen LogP contribution in [-0.4, -0.2) is 73.9 Å². The quantitative estimate of drug-likeness (QED) is 0.0399. The first-order chi connectivity index (χ1) is 26.2. The van der Waals surface area contributed by atoms with Crippen molar-refractivity contribution in [3.63, 3.8) is 0 Å². The van der Waals surface area contributed by atoms with Gasteiger partial charge in [0, 0.05) is 31.9 Å². The van der Waals surface area contributed by atoms with Gasteiger partial charge in [-0.05, 0) is 75.1 Å². The number of Topliss-reactive ketones (excluding diaryl/α,β-unsaturated/α-hetero) is 1. The molecular weight excluding hydrogens is 692 g/mol. The number of furan rings is 1. The zero-order chi connectivity index (χ0) is 38.9. The second-order valence-electron chi connectivity index (χ2n) is 13.1. The summed E-state index contributed by atoms with van der Waals surface area (Å²) in [5.41, 5.74) is 2.51. The molecule has 0 saturated heterocycles. The summed E-state index contributed by atoms with van der Waals surface area (Å²) in [6.45, 7) is 11.7. The molecule has 4 rings (SSSR count). The number of ketones is 1. The standard InChI is InChI=1S/C41H56N4O9/c1-6-11-13-18-33(35(7-2)45(28-46)53-26-29-16-14-12-15-17-29)39(48)43-27-44-40(49)37-20-19-36(54-37)31-21-30(22-32(23-31)50-8-3)24-42-25-34-38(47)41(34,51-9-4)52-10-5/h12,14-17,19-23,28,33-35,42H,6-11,13,18,24-27H2,1-5H3,(H,43,48)(H,44,49)/t33-,34?,35-/m1/s1. The molecule has 54 heavy (non-hydrogen) atoms. The van der Waals surface area contributed by atoms with Crippen molar-refractivity contribution < 1.29 is 42.6 Å². The Morgan fingerprint density at radius 3 is 2.35 bits per heavy atom. The van der Waals surface area contributed by atoms with Crippen LogP contribution in [0.15, 0.2) is 65.1 Å². The summed E-state index contributed by atoms with van der Waals surface area (Å²) in [6.07, 6.45) is 4.43. The van der Waals surface area contributed by atoms with Crippen molar-refractivity contribution in [3.8, 4) is 17.1 Å². The van der Waals surface area contributed by atoms with E-state index in [1.807, 2.05) is 76.2 Å². The Balaban J connectivity index is 1.36. The van der Waals surface area contributed by atoms with Crippen LogP contribution in [0.25, 0.3) is 11.3 Å². The third kappa shape index (κ3) is 11.2.